The van der Waals surface area contributed by atoms with E-state index in [4.69, 9.17) is 0 Å². The Kier molecular flexibility index (Phi) is 3.02. The van der Waals surface area contributed by atoms with Crippen LogP contribution >= 0.6 is 0 Å². The molecule has 3 heteroatoms. The van der Waals surface area contributed by atoms with Crippen molar-refractivity contribution in [3.63, 3.8) is 0 Å². The molecule has 12 heavy (non-hydrogen) atoms. The van der Waals surface area contributed by atoms with Gasteiger partial charge in [-0.05, 0) is 32.1 Å². The monoisotopic (exact) mass is 175 g/mol. The van der Waals surface area contributed by atoms with Gasteiger partial charge in [0, 0.05) is 11.8 Å². The van der Waals surface area contributed by atoms with Gasteiger partial charge >= 0.3 is 6.18 Å². The number of halogens is 3. The molecule has 1 rings (SSSR count). The van der Waals surface area contributed by atoms with Crippen LogP contribution in [-0.2, 0) is 0 Å². The molecule has 0 saturated heterocycles. The molecule has 0 unspecified atom stereocenters. The summed E-state index contributed by atoms with van der Waals surface area (Å²) < 4.78 is 34.9. The highest BCUT2D eigenvalue weighted by molar-refractivity contribution is 5.09. The SMILES string of the molecule is FC(F)(F)C#CC1CC[CH]CC1. The molecular formula is C9H10F3. The summed E-state index contributed by atoms with van der Waals surface area (Å²) in [6, 6.07) is 0. The van der Waals surface area contributed by atoms with Crippen molar-refractivity contribution in [2.75, 3.05) is 0 Å². The lowest BCUT2D eigenvalue weighted by Gasteiger charge is -2.15. The van der Waals surface area contributed by atoms with E-state index in [0.717, 1.165) is 25.7 Å². The first-order valence-corrected chi connectivity index (χ1v) is 3.99. The van der Waals surface area contributed by atoms with Crippen LogP contribution in [0.3, 0.4) is 0 Å². The molecule has 0 N–H and O–H groups in total. The highest BCUT2D eigenvalue weighted by atomic mass is 19.4. The Hall–Kier alpha value is -0.650. The third-order valence-corrected chi connectivity index (χ3v) is 1.86. The molecule has 0 bridgehead atoms. The van der Waals surface area contributed by atoms with Crippen molar-refractivity contribution in [2.24, 2.45) is 5.92 Å². The lowest BCUT2D eigenvalue weighted by Crippen LogP contribution is -2.07. The van der Waals surface area contributed by atoms with E-state index in [-0.39, 0.29) is 5.92 Å². The Morgan fingerprint density at radius 1 is 1.17 bits per heavy atom. The summed E-state index contributed by atoms with van der Waals surface area (Å²) in [6.07, 6.45) is 1.15. The predicted molar refractivity (Wildman–Crippen MR) is 40.1 cm³/mol. The largest absolute Gasteiger partial charge is 0.457 e. The number of hydrogen-bond donors (Lipinski definition) is 0. The Labute approximate surface area is 70.1 Å². The van der Waals surface area contributed by atoms with Gasteiger partial charge in [0.05, 0.1) is 0 Å². The predicted octanol–water partition coefficient (Wildman–Crippen LogP) is 2.95. The zero-order valence-electron chi connectivity index (χ0n) is 6.62. The lowest BCUT2D eigenvalue weighted by molar-refractivity contribution is -0.0698. The highest BCUT2D eigenvalue weighted by Gasteiger charge is 2.23. The maximum atomic E-state index is 11.6. The van der Waals surface area contributed by atoms with Gasteiger partial charge in [0.2, 0.25) is 0 Å². The van der Waals surface area contributed by atoms with Gasteiger partial charge in [0.25, 0.3) is 0 Å². The van der Waals surface area contributed by atoms with Crippen LogP contribution in [0.15, 0.2) is 0 Å². The van der Waals surface area contributed by atoms with Crippen molar-refractivity contribution in [1.82, 2.24) is 0 Å². The summed E-state index contributed by atoms with van der Waals surface area (Å²) in [7, 11) is 0. The average molecular weight is 175 g/mol. The summed E-state index contributed by atoms with van der Waals surface area (Å²) in [5, 5.41) is 0. The maximum Gasteiger partial charge on any atom is 0.457 e. The molecule has 67 valence electrons. The van der Waals surface area contributed by atoms with Crippen molar-refractivity contribution >= 4 is 0 Å². The highest BCUT2D eigenvalue weighted by Crippen LogP contribution is 2.22. The number of alkyl halides is 3. The third-order valence-electron chi connectivity index (χ3n) is 1.86. The van der Waals surface area contributed by atoms with Crippen LogP contribution in [0.25, 0.3) is 0 Å². The van der Waals surface area contributed by atoms with Crippen LogP contribution in [0, 0.1) is 24.2 Å². The molecule has 0 aromatic carbocycles. The molecule has 0 aromatic heterocycles. The van der Waals surface area contributed by atoms with Gasteiger partial charge in [0.1, 0.15) is 0 Å². The molecule has 1 aliphatic carbocycles. The van der Waals surface area contributed by atoms with Crippen LogP contribution in [0.5, 0.6) is 0 Å². The van der Waals surface area contributed by atoms with E-state index in [2.05, 4.69) is 12.3 Å². The minimum absolute atomic E-state index is 0.0448. The average Bonchev–Trinajstić information content (AvgIpc) is 2.02. The summed E-state index contributed by atoms with van der Waals surface area (Å²) in [5.41, 5.74) is 0. The van der Waals surface area contributed by atoms with Gasteiger partial charge in [-0.15, -0.1) is 0 Å². The van der Waals surface area contributed by atoms with E-state index in [1.165, 1.54) is 5.92 Å². The zero-order chi connectivity index (χ0) is 9.03. The molecule has 1 fully saturated rings. The molecule has 0 aromatic rings. The van der Waals surface area contributed by atoms with Crippen molar-refractivity contribution < 1.29 is 13.2 Å². The van der Waals surface area contributed by atoms with E-state index in [1.807, 2.05) is 0 Å². The van der Waals surface area contributed by atoms with Gasteiger partial charge in [-0.1, -0.05) is 5.92 Å². The minimum atomic E-state index is -4.32. The van der Waals surface area contributed by atoms with Crippen LogP contribution in [0.2, 0.25) is 0 Å². The maximum absolute atomic E-state index is 11.6. The molecule has 0 spiro atoms. The van der Waals surface area contributed by atoms with Gasteiger partial charge in [-0.2, -0.15) is 13.2 Å². The molecular weight excluding hydrogens is 165 g/mol. The third kappa shape index (κ3) is 3.66. The van der Waals surface area contributed by atoms with Crippen LogP contribution < -0.4 is 0 Å². The molecule has 0 amide bonds. The van der Waals surface area contributed by atoms with Crippen molar-refractivity contribution in [1.29, 1.82) is 0 Å². The van der Waals surface area contributed by atoms with Gasteiger partial charge in [-0.3, -0.25) is 0 Å². The van der Waals surface area contributed by atoms with Crippen LogP contribution in [0.1, 0.15) is 25.7 Å². The van der Waals surface area contributed by atoms with Crippen molar-refractivity contribution in [3.05, 3.63) is 6.42 Å². The number of hydrogen-bond acceptors (Lipinski definition) is 0. The van der Waals surface area contributed by atoms with Crippen molar-refractivity contribution in [3.8, 4) is 11.8 Å². The molecule has 0 aliphatic heterocycles. The minimum Gasteiger partial charge on any atom is -0.159 e. The lowest BCUT2D eigenvalue weighted by atomic mass is 9.90. The standard InChI is InChI=1S/C9H10F3/c10-9(11,12)7-6-8-4-2-1-3-5-8/h1,8H,2-5H2. The van der Waals surface area contributed by atoms with E-state index in [9.17, 15) is 13.2 Å². The second kappa shape index (κ2) is 3.84. The normalized spacial score (nSPS) is 19.9. The summed E-state index contributed by atoms with van der Waals surface area (Å²) in [4.78, 5) is 0. The Morgan fingerprint density at radius 3 is 2.25 bits per heavy atom. The molecule has 1 saturated carbocycles. The Balaban J connectivity index is 2.41. The fourth-order valence-electron chi connectivity index (χ4n) is 1.25. The molecule has 1 aliphatic rings. The van der Waals surface area contributed by atoms with E-state index in [1.54, 1.807) is 0 Å². The van der Waals surface area contributed by atoms with Crippen LogP contribution in [0.4, 0.5) is 13.2 Å². The molecule has 1 radical (unpaired) electrons. The smallest absolute Gasteiger partial charge is 0.159 e. The van der Waals surface area contributed by atoms with Crippen molar-refractivity contribution in [2.45, 2.75) is 31.9 Å². The fraction of sp³-hybridized carbons (Fsp3) is 0.667. The first kappa shape index (κ1) is 9.44. The van der Waals surface area contributed by atoms with Crippen LogP contribution in [-0.4, -0.2) is 6.18 Å². The second-order valence-electron chi connectivity index (χ2n) is 2.91. The topological polar surface area (TPSA) is 0 Å². The molecule has 0 nitrogen and oxygen atoms in total. The molecule has 0 heterocycles. The van der Waals surface area contributed by atoms with Gasteiger partial charge in [0.15, 0.2) is 0 Å². The van der Waals surface area contributed by atoms with E-state index >= 15 is 0 Å². The quantitative estimate of drug-likeness (QED) is 0.496. The van der Waals surface area contributed by atoms with Gasteiger partial charge < -0.3 is 0 Å². The van der Waals surface area contributed by atoms with E-state index < -0.39 is 6.18 Å². The van der Waals surface area contributed by atoms with E-state index in [0.29, 0.717) is 0 Å². The first-order chi connectivity index (χ1) is 5.58. The summed E-state index contributed by atoms with van der Waals surface area (Å²) in [5.74, 6) is 3.55. The fourth-order valence-corrected chi connectivity index (χ4v) is 1.25. The van der Waals surface area contributed by atoms with Gasteiger partial charge in [-0.25, -0.2) is 0 Å². The summed E-state index contributed by atoms with van der Waals surface area (Å²) in [6.45, 7) is 0. The number of rotatable bonds is 0. The molecule has 0 atom stereocenters. The zero-order valence-corrected chi connectivity index (χ0v) is 6.62. The Morgan fingerprint density at radius 2 is 1.75 bits per heavy atom. The second-order valence-corrected chi connectivity index (χ2v) is 2.91. The first-order valence-electron chi connectivity index (χ1n) is 3.99. The summed E-state index contributed by atoms with van der Waals surface area (Å²) >= 11 is 0. The Bertz CT molecular complexity index is 188.